The van der Waals surface area contributed by atoms with Gasteiger partial charge in [0.15, 0.2) is 5.03 Å². The van der Waals surface area contributed by atoms with Gasteiger partial charge in [-0.3, -0.25) is 4.79 Å². The second-order valence-corrected chi connectivity index (χ2v) is 7.34. The summed E-state index contributed by atoms with van der Waals surface area (Å²) in [6, 6.07) is 0. The minimum absolute atomic E-state index is 0.0288. The molecule has 2 heterocycles. The first kappa shape index (κ1) is 15.0. The molecular formula is C12H20N4O3S. The molecule has 1 amide bonds. The number of imidazole rings is 1. The maximum atomic E-state index is 12.5. The van der Waals surface area contributed by atoms with Gasteiger partial charge in [-0.25, -0.2) is 13.4 Å². The van der Waals surface area contributed by atoms with Gasteiger partial charge in [0.05, 0.1) is 11.7 Å². The average molecular weight is 300 g/mol. The van der Waals surface area contributed by atoms with Crippen LogP contribution in [0.4, 0.5) is 0 Å². The highest BCUT2D eigenvalue weighted by Gasteiger charge is 2.41. The number of nitrogens with zero attached hydrogens (tertiary/aromatic N) is 3. The molecule has 0 spiro atoms. The van der Waals surface area contributed by atoms with Gasteiger partial charge in [0, 0.05) is 33.4 Å². The molecule has 7 nitrogen and oxygen atoms in total. The molecule has 0 saturated carbocycles. The van der Waals surface area contributed by atoms with Crippen molar-refractivity contribution in [1.29, 1.82) is 0 Å². The molecule has 1 aromatic heterocycles. The SMILES string of the molecule is CNC(=O)C1(C)CCCN(S(=O)(=O)c2cn(C)cn2)C1. The molecule has 0 radical (unpaired) electrons. The van der Waals surface area contributed by atoms with Crippen molar-refractivity contribution in [1.82, 2.24) is 19.2 Å². The summed E-state index contributed by atoms with van der Waals surface area (Å²) in [5.74, 6) is -0.126. The van der Waals surface area contributed by atoms with Gasteiger partial charge in [0.25, 0.3) is 10.0 Å². The van der Waals surface area contributed by atoms with Crippen LogP contribution in [0.2, 0.25) is 0 Å². The molecule has 1 aliphatic rings. The fourth-order valence-electron chi connectivity index (χ4n) is 2.54. The van der Waals surface area contributed by atoms with Crippen LogP contribution in [-0.4, -0.2) is 48.3 Å². The molecule has 0 bridgehead atoms. The third kappa shape index (κ3) is 2.57. The molecule has 112 valence electrons. The summed E-state index contributed by atoms with van der Waals surface area (Å²) in [6.07, 6.45) is 4.27. The molecule has 1 aromatic rings. The van der Waals surface area contributed by atoms with Crippen molar-refractivity contribution in [3.05, 3.63) is 12.5 Å². The van der Waals surface area contributed by atoms with Crippen LogP contribution in [0.25, 0.3) is 0 Å². The van der Waals surface area contributed by atoms with Crippen LogP contribution in [0.5, 0.6) is 0 Å². The van der Waals surface area contributed by atoms with Crippen LogP contribution in [0.3, 0.4) is 0 Å². The number of carbonyl (C=O) groups excluding carboxylic acids is 1. The first-order chi connectivity index (χ1) is 9.29. The van der Waals surface area contributed by atoms with Gasteiger partial charge in [-0.2, -0.15) is 4.31 Å². The van der Waals surface area contributed by atoms with E-state index in [2.05, 4.69) is 10.3 Å². The molecule has 1 saturated heterocycles. The maximum absolute atomic E-state index is 12.5. The number of aromatic nitrogens is 2. The number of piperidine rings is 1. The predicted molar refractivity (Wildman–Crippen MR) is 73.4 cm³/mol. The Labute approximate surface area is 119 Å². The van der Waals surface area contributed by atoms with Crippen molar-refractivity contribution in [2.75, 3.05) is 20.1 Å². The molecule has 1 atom stereocenters. The zero-order valence-electron chi connectivity index (χ0n) is 12.0. The van der Waals surface area contributed by atoms with E-state index in [0.29, 0.717) is 19.4 Å². The van der Waals surface area contributed by atoms with Crippen molar-refractivity contribution in [2.24, 2.45) is 12.5 Å². The van der Waals surface area contributed by atoms with Gasteiger partial charge in [-0.15, -0.1) is 0 Å². The van der Waals surface area contributed by atoms with Crippen LogP contribution in [0.15, 0.2) is 17.6 Å². The number of amides is 1. The van der Waals surface area contributed by atoms with Crippen molar-refractivity contribution in [2.45, 2.75) is 24.8 Å². The fraction of sp³-hybridized carbons (Fsp3) is 0.667. The molecule has 1 N–H and O–H groups in total. The summed E-state index contributed by atoms with van der Waals surface area (Å²) in [7, 11) is -0.344. The Balaban J connectivity index is 2.27. The zero-order valence-corrected chi connectivity index (χ0v) is 12.8. The Bertz CT molecular complexity index is 610. The van der Waals surface area contributed by atoms with Crippen LogP contribution >= 0.6 is 0 Å². The van der Waals surface area contributed by atoms with Crippen LogP contribution in [0, 0.1) is 5.41 Å². The number of sulfonamides is 1. The summed E-state index contributed by atoms with van der Waals surface area (Å²) in [5.41, 5.74) is -0.686. The first-order valence-corrected chi connectivity index (χ1v) is 7.94. The quantitative estimate of drug-likeness (QED) is 0.848. The minimum Gasteiger partial charge on any atom is -0.359 e. The van der Waals surface area contributed by atoms with Crippen molar-refractivity contribution in [3.63, 3.8) is 0 Å². The highest BCUT2D eigenvalue weighted by atomic mass is 32.2. The summed E-state index contributed by atoms with van der Waals surface area (Å²) in [6.45, 7) is 2.41. The molecule has 1 fully saturated rings. The van der Waals surface area contributed by atoms with Crippen molar-refractivity contribution < 1.29 is 13.2 Å². The van der Waals surface area contributed by atoms with Crippen molar-refractivity contribution in [3.8, 4) is 0 Å². The fourth-order valence-corrected chi connectivity index (χ4v) is 4.11. The van der Waals surface area contributed by atoms with E-state index in [1.165, 1.54) is 16.8 Å². The van der Waals surface area contributed by atoms with Gasteiger partial charge in [0.2, 0.25) is 5.91 Å². The Morgan fingerprint density at radius 2 is 2.20 bits per heavy atom. The monoisotopic (exact) mass is 300 g/mol. The number of carbonyl (C=O) groups is 1. The Morgan fingerprint density at radius 1 is 1.50 bits per heavy atom. The van der Waals surface area contributed by atoms with Gasteiger partial charge < -0.3 is 9.88 Å². The largest absolute Gasteiger partial charge is 0.359 e. The molecule has 8 heteroatoms. The van der Waals surface area contributed by atoms with E-state index in [1.54, 1.807) is 25.6 Å². The average Bonchev–Trinajstić information content (AvgIpc) is 2.85. The lowest BCUT2D eigenvalue weighted by atomic mass is 9.82. The molecule has 0 aliphatic carbocycles. The summed E-state index contributed by atoms with van der Waals surface area (Å²) < 4.78 is 28.0. The topological polar surface area (TPSA) is 84.3 Å². The van der Waals surface area contributed by atoms with E-state index in [4.69, 9.17) is 0 Å². The summed E-state index contributed by atoms with van der Waals surface area (Å²) in [4.78, 5) is 15.9. The van der Waals surface area contributed by atoms with E-state index >= 15 is 0 Å². The van der Waals surface area contributed by atoms with Crippen molar-refractivity contribution >= 4 is 15.9 Å². The Hall–Kier alpha value is -1.41. The number of hydrogen-bond donors (Lipinski definition) is 1. The third-order valence-electron chi connectivity index (χ3n) is 3.72. The molecule has 2 rings (SSSR count). The highest BCUT2D eigenvalue weighted by Crippen LogP contribution is 2.32. The second kappa shape index (κ2) is 5.17. The molecule has 1 unspecified atom stereocenters. The van der Waals surface area contributed by atoms with Gasteiger partial charge >= 0.3 is 0 Å². The van der Waals surface area contributed by atoms with E-state index < -0.39 is 15.4 Å². The predicted octanol–water partition coefficient (Wildman–Crippen LogP) is -0.0431. The second-order valence-electron chi connectivity index (χ2n) is 5.46. The molecular weight excluding hydrogens is 280 g/mol. The molecule has 20 heavy (non-hydrogen) atoms. The molecule has 0 aromatic carbocycles. The number of rotatable bonds is 3. The smallest absolute Gasteiger partial charge is 0.262 e. The number of aryl methyl sites for hydroxylation is 1. The minimum atomic E-state index is -3.63. The van der Waals surface area contributed by atoms with Crippen LogP contribution in [-0.2, 0) is 21.9 Å². The third-order valence-corrected chi connectivity index (χ3v) is 5.45. The van der Waals surface area contributed by atoms with E-state index in [-0.39, 0.29) is 17.5 Å². The van der Waals surface area contributed by atoms with Gasteiger partial charge in [0.1, 0.15) is 0 Å². The first-order valence-electron chi connectivity index (χ1n) is 6.50. The van der Waals surface area contributed by atoms with E-state index in [9.17, 15) is 13.2 Å². The van der Waals surface area contributed by atoms with E-state index in [0.717, 1.165) is 0 Å². The zero-order chi connectivity index (χ0) is 15.0. The number of hydrogen-bond acceptors (Lipinski definition) is 4. The molecule has 1 aliphatic heterocycles. The lowest BCUT2D eigenvalue weighted by Crippen LogP contribution is -2.51. The number of nitrogens with one attached hydrogen (secondary N) is 1. The van der Waals surface area contributed by atoms with E-state index in [1.807, 2.05) is 0 Å². The van der Waals surface area contributed by atoms with Gasteiger partial charge in [-0.05, 0) is 19.8 Å². The Kier molecular flexibility index (Phi) is 3.88. The summed E-state index contributed by atoms with van der Waals surface area (Å²) >= 11 is 0. The lowest BCUT2D eigenvalue weighted by Gasteiger charge is -2.37. The summed E-state index contributed by atoms with van der Waals surface area (Å²) in [5, 5.41) is 2.64. The van der Waals surface area contributed by atoms with Gasteiger partial charge in [-0.1, -0.05) is 0 Å². The highest BCUT2D eigenvalue weighted by molar-refractivity contribution is 7.89. The van der Waals surface area contributed by atoms with Crippen LogP contribution in [0.1, 0.15) is 19.8 Å². The standard InChI is InChI=1S/C12H20N4O3S/c1-12(11(17)13-2)5-4-6-16(8-12)20(18,19)10-7-15(3)9-14-10/h7,9H,4-6,8H2,1-3H3,(H,13,17). The van der Waals surface area contributed by atoms with Crippen LogP contribution < -0.4 is 5.32 Å². The lowest BCUT2D eigenvalue weighted by molar-refractivity contribution is -0.131. The Morgan fingerprint density at radius 3 is 2.75 bits per heavy atom. The normalized spacial score (nSPS) is 24.6. The maximum Gasteiger partial charge on any atom is 0.262 e.